The van der Waals surface area contributed by atoms with Crippen LogP contribution in [0.4, 0.5) is 11.8 Å². The molecule has 11 heteroatoms. The van der Waals surface area contributed by atoms with Crippen molar-refractivity contribution in [1.82, 2.24) is 29.5 Å². The number of nitrogen functional groups attached to an aromatic ring is 1. The van der Waals surface area contributed by atoms with Crippen LogP contribution < -0.4 is 15.4 Å². The van der Waals surface area contributed by atoms with Gasteiger partial charge in [-0.15, -0.1) is 0 Å². The number of benzene rings is 1. The zero-order valence-corrected chi connectivity index (χ0v) is 19.6. The number of morpholine rings is 1. The van der Waals surface area contributed by atoms with Crippen molar-refractivity contribution in [2.24, 2.45) is 7.05 Å². The Labute approximate surface area is 198 Å². The molecule has 5 rings (SSSR count). The van der Waals surface area contributed by atoms with E-state index in [2.05, 4.69) is 14.9 Å². The molecule has 1 aromatic carbocycles. The molecule has 1 amide bonds. The van der Waals surface area contributed by atoms with E-state index in [1.54, 1.807) is 18.8 Å². The van der Waals surface area contributed by atoms with E-state index in [1.807, 2.05) is 29.2 Å². The van der Waals surface area contributed by atoms with E-state index in [9.17, 15) is 4.79 Å². The average molecular weight is 467 g/mol. The first-order valence-electron chi connectivity index (χ1n) is 11.5. The highest BCUT2D eigenvalue weighted by Gasteiger charge is 2.26. The molecule has 0 aliphatic carbocycles. The van der Waals surface area contributed by atoms with E-state index in [0.29, 0.717) is 50.3 Å². The largest absolute Gasteiger partial charge is 0.497 e. The van der Waals surface area contributed by atoms with Gasteiger partial charge in [-0.1, -0.05) is 12.1 Å². The van der Waals surface area contributed by atoms with E-state index in [1.165, 1.54) is 0 Å². The van der Waals surface area contributed by atoms with Gasteiger partial charge in [-0.05, 0) is 12.1 Å². The molecule has 0 radical (unpaired) electrons. The summed E-state index contributed by atoms with van der Waals surface area (Å²) in [7, 11) is 3.44. The van der Waals surface area contributed by atoms with Crippen LogP contribution in [0.3, 0.4) is 0 Å². The maximum absolute atomic E-state index is 12.6. The Morgan fingerprint density at radius 1 is 1.12 bits per heavy atom. The zero-order chi connectivity index (χ0) is 23.7. The Kier molecular flexibility index (Phi) is 6.20. The van der Waals surface area contributed by atoms with Crippen molar-refractivity contribution in [2.75, 3.05) is 76.8 Å². The fourth-order valence-corrected chi connectivity index (χ4v) is 4.43. The van der Waals surface area contributed by atoms with Crippen molar-refractivity contribution in [3.05, 3.63) is 24.3 Å². The van der Waals surface area contributed by atoms with Gasteiger partial charge >= 0.3 is 0 Å². The molecule has 0 unspecified atom stereocenters. The first-order valence-corrected chi connectivity index (χ1v) is 11.5. The molecule has 0 atom stereocenters. The third-order valence-electron chi connectivity index (χ3n) is 6.45. The second kappa shape index (κ2) is 9.43. The molecule has 34 heavy (non-hydrogen) atoms. The van der Waals surface area contributed by atoms with Gasteiger partial charge in [-0.25, -0.2) is 4.98 Å². The van der Waals surface area contributed by atoms with Gasteiger partial charge in [0.2, 0.25) is 11.9 Å². The van der Waals surface area contributed by atoms with Gasteiger partial charge in [0.05, 0.1) is 37.9 Å². The number of nitrogens with zero attached hydrogens (tertiary/aromatic N) is 7. The summed E-state index contributed by atoms with van der Waals surface area (Å²) in [5.74, 6) is 2.04. The second-order valence-corrected chi connectivity index (χ2v) is 8.57. The van der Waals surface area contributed by atoms with Crippen LogP contribution in [0.2, 0.25) is 0 Å². The van der Waals surface area contributed by atoms with Gasteiger partial charge in [-0.3, -0.25) is 14.4 Å². The highest BCUT2D eigenvalue weighted by atomic mass is 16.5. The molecule has 2 saturated heterocycles. The van der Waals surface area contributed by atoms with E-state index in [-0.39, 0.29) is 5.91 Å². The van der Waals surface area contributed by atoms with Crippen molar-refractivity contribution in [1.29, 1.82) is 0 Å². The number of nitrogens with two attached hydrogens (primary N) is 1. The lowest BCUT2D eigenvalue weighted by Gasteiger charge is -2.36. The van der Waals surface area contributed by atoms with Crippen molar-refractivity contribution in [3.63, 3.8) is 0 Å². The van der Waals surface area contributed by atoms with Gasteiger partial charge in [-0.2, -0.15) is 10.1 Å². The lowest BCUT2D eigenvalue weighted by Crippen LogP contribution is -2.51. The quantitative estimate of drug-likeness (QED) is 0.577. The predicted octanol–water partition coefficient (Wildman–Crippen LogP) is 0.602. The molecule has 0 spiro atoms. The minimum absolute atomic E-state index is 0.165. The van der Waals surface area contributed by atoms with Crippen LogP contribution in [-0.2, 0) is 16.6 Å². The van der Waals surface area contributed by atoms with Crippen LogP contribution >= 0.6 is 0 Å². The summed E-state index contributed by atoms with van der Waals surface area (Å²) in [4.78, 5) is 28.5. The summed E-state index contributed by atoms with van der Waals surface area (Å²) in [5.41, 5.74) is 8.51. The Hall–Kier alpha value is -3.44. The lowest BCUT2D eigenvalue weighted by atomic mass is 10.1. The molecule has 180 valence electrons. The van der Waals surface area contributed by atoms with Gasteiger partial charge in [0.15, 0.2) is 5.65 Å². The van der Waals surface area contributed by atoms with Crippen LogP contribution in [0.25, 0.3) is 22.3 Å². The topological polar surface area (TPSA) is 115 Å². The normalized spacial score (nSPS) is 17.4. The highest BCUT2D eigenvalue weighted by molar-refractivity contribution is 5.99. The molecular weight excluding hydrogens is 436 g/mol. The van der Waals surface area contributed by atoms with Crippen LogP contribution in [0.1, 0.15) is 0 Å². The number of methoxy groups -OCH3 is 1. The van der Waals surface area contributed by atoms with Crippen molar-refractivity contribution in [3.8, 4) is 17.0 Å². The number of anilines is 2. The molecule has 0 saturated carbocycles. The molecule has 2 aromatic heterocycles. The molecule has 0 bridgehead atoms. The molecule has 3 aromatic rings. The molecule has 2 aliphatic rings. The number of amides is 1. The first kappa shape index (κ1) is 22.4. The molecular formula is C23H30N8O3. The predicted molar refractivity (Wildman–Crippen MR) is 129 cm³/mol. The number of hydrogen-bond acceptors (Lipinski definition) is 9. The van der Waals surface area contributed by atoms with Crippen LogP contribution in [0.15, 0.2) is 24.3 Å². The third kappa shape index (κ3) is 4.36. The van der Waals surface area contributed by atoms with Gasteiger partial charge < -0.3 is 25.0 Å². The van der Waals surface area contributed by atoms with E-state index in [4.69, 9.17) is 25.2 Å². The molecule has 11 nitrogen and oxygen atoms in total. The number of carbonyl (C=O) groups is 1. The highest BCUT2D eigenvalue weighted by Crippen LogP contribution is 2.33. The second-order valence-electron chi connectivity index (χ2n) is 8.57. The number of piperazine rings is 1. The summed E-state index contributed by atoms with van der Waals surface area (Å²) >= 11 is 0. The van der Waals surface area contributed by atoms with E-state index >= 15 is 0 Å². The summed E-state index contributed by atoms with van der Waals surface area (Å²) in [6, 6.07) is 7.74. The Bertz CT molecular complexity index is 1180. The number of aryl methyl sites for hydroxylation is 1. The average Bonchev–Trinajstić information content (AvgIpc) is 3.17. The van der Waals surface area contributed by atoms with Gasteiger partial charge in [0.1, 0.15) is 11.6 Å². The minimum Gasteiger partial charge on any atom is -0.497 e. The van der Waals surface area contributed by atoms with Crippen molar-refractivity contribution in [2.45, 2.75) is 0 Å². The van der Waals surface area contributed by atoms with Crippen LogP contribution in [-0.4, -0.2) is 102 Å². The first-order chi connectivity index (χ1) is 16.5. The Morgan fingerprint density at radius 3 is 2.62 bits per heavy atom. The number of carbonyl (C=O) groups excluding carboxylic acids is 1. The standard InChI is InChI=1S/C23H30N8O3/c1-28-21(24)19-20(16-4-3-5-17(14-16)33-2)25-23(26-22(19)27-28)31-8-6-29(7-9-31)15-18(32)30-10-12-34-13-11-30/h3-5,14H,6-13,15,24H2,1-2H3. The molecule has 4 heterocycles. The minimum atomic E-state index is 0.165. The fourth-order valence-electron chi connectivity index (χ4n) is 4.43. The lowest BCUT2D eigenvalue weighted by molar-refractivity contribution is -0.136. The van der Waals surface area contributed by atoms with E-state index in [0.717, 1.165) is 48.6 Å². The third-order valence-corrected chi connectivity index (χ3v) is 6.45. The number of fused-ring (bicyclic) bond motifs is 1. The maximum atomic E-state index is 12.6. The summed E-state index contributed by atoms with van der Waals surface area (Å²) in [6.07, 6.45) is 0. The fraction of sp³-hybridized carbons (Fsp3) is 0.478. The van der Waals surface area contributed by atoms with Gasteiger partial charge in [0, 0.05) is 51.9 Å². The molecule has 2 aliphatic heterocycles. The Balaban J connectivity index is 1.36. The monoisotopic (exact) mass is 466 g/mol. The summed E-state index contributed by atoms with van der Waals surface area (Å²) in [5, 5.41) is 5.25. The SMILES string of the molecule is COc1cccc(-c2nc(N3CCN(CC(=O)N4CCOCC4)CC3)nc3nn(C)c(N)c23)c1. The van der Waals surface area contributed by atoms with Crippen LogP contribution in [0.5, 0.6) is 5.75 Å². The molecule has 2 N–H and O–H groups in total. The number of hydrogen-bond donors (Lipinski definition) is 1. The summed E-state index contributed by atoms with van der Waals surface area (Å²) < 4.78 is 12.4. The number of ether oxygens (including phenoxy) is 2. The maximum Gasteiger partial charge on any atom is 0.236 e. The Morgan fingerprint density at radius 2 is 1.88 bits per heavy atom. The summed E-state index contributed by atoms with van der Waals surface area (Å²) in [6.45, 7) is 5.98. The van der Waals surface area contributed by atoms with E-state index < -0.39 is 0 Å². The van der Waals surface area contributed by atoms with Crippen molar-refractivity contribution >= 4 is 28.7 Å². The smallest absolute Gasteiger partial charge is 0.236 e. The van der Waals surface area contributed by atoms with Crippen molar-refractivity contribution < 1.29 is 14.3 Å². The molecule has 2 fully saturated rings. The number of aromatic nitrogens is 4. The number of rotatable bonds is 5. The van der Waals surface area contributed by atoms with Crippen LogP contribution in [0, 0.1) is 0 Å². The van der Waals surface area contributed by atoms with Gasteiger partial charge in [0.25, 0.3) is 0 Å². The zero-order valence-electron chi connectivity index (χ0n) is 19.6.